The second kappa shape index (κ2) is 12.0. The van der Waals surface area contributed by atoms with Crippen LogP contribution < -0.4 is 19.7 Å². The van der Waals surface area contributed by atoms with Crippen molar-refractivity contribution in [3.63, 3.8) is 0 Å². The van der Waals surface area contributed by atoms with Crippen molar-refractivity contribution < 1.29 is 19.0 Å². The van der Waals surface area contributed by atoms with Crippen LogP contribution in [0.3, 0.4) is 0 Å². The average Bonchev–Trinajstić information content (AvgIpc) is 3.55. The molecule has 1 aliphatic heterocycles. The highest BCUT2D eigenvalue weighted by molar-refractivity contribution is 7.19. The highest BCUT2D eigenvalue weighted by atomic mass is 32.1. The molecule has 2 aromatic heterocycles. The number of nitrogens with zero attached hydrogens (tertiary/aromatic N) is 5. The molecule has 182 valence electrons. The first-order valence-electron chi connectivity index (χ1n) is 11.2. The van der Waals surface area contributed by atoms with Crippen LogP contribution in [-0.4, -0.2) is 60.7 Å². The second-order valence-electron chi connectivity index (χ2n) is 7.59. The molecule has 35 heavy (non-hydrogen) atoms. The molecule has 0 aliphatic carbocycles. The van der Waals surface area contributed by atoms with E-state index in [9.17, 15) is 10.1 Å². The summed E-state index contributed by atoms with van der Waals surface area (Å²) in [5.74, 6) is 0.859. The van der Waals surface area contributed by atoms with Crippen molar-refractivity contribution in [2.45, 2.75) is 13.0 Å². The van der Waals surface area contributed by atoms with Gasteiger partial charge in [-0.25, -0.2) is 0 Å². The monoisotopic (exact) mass is 494 g/mol. The van der Waals surface area contributed by atoms with Crippen molar-refractivity contribution >= 4 is 33.6 Å². The molecule has 1 aromatic carbocycles. The number of nitriles is 1. The fourth-order valence-corrected chi connectivity index (χ4v) is 4.32. The van der Waals surface area contributed by atoms with Gasteiger partial charge in [0.25, 0.3) is 5.91 Å². The lowest BCUT2D eigenvalue weighted by atomic mass is 10.2. The summed E-state index contributed by atoms with van der Waals surface area (Å²) >= 11 is 1.27. The molecule has 1 N–H and O–H groups in total. The zero-order valence-electron chi connectivity index (χ0n) is 19.3. The molecule has 1 aliphatic rings. The van der Waals surface area contributed by atoms with Crippen LogP contribution in [0.4, 0.5) is 10.3 Å². The number of nitrogens with one attached hydrogen (secondary N) is 1. The van der Waals surface area contributed by atoms with Crippen LogP contribution in [-0.2, 0) is 16.1 Å². The maximum absolute atomic E-state index is 12.7. The van der Waals surface area contributed by atoms with Gasteiger partial charge in [0.2, 0.25) is 10.3 Å². The Morgan fingerprint density at radius 2 is 2.03 bits per heavy atom. The first-order chi connectivity index (χ1) is 17.2. The van der Waals surface area contributed by atoms with E-state index in [-0.39, 0.29) is 5.57 Å². The average molecular weight is 495 g/mol. The largest absolute Gasteiger partial charge is 0.493 e. The zero-order chi connectivity index (χ0) is 24.5. The summed E-state index contributed by atoms with van der Waals surface area (Å²) < 4.78 is 18.4. The fraction of sp³-hybridized carbons (Fsp3) is 0.333. The van der Waals surface area contributed by atoms with Crippen LogP contribution in [0, 0.1) is 11.3 Å². The van der Waals surface area contributed by atoms with Crippen molar-refractivity contribution in [2.24, 2.45) is 0 Å². The van der Waals surface area contributed by atoms with Crippen LogP contribution in [0.25, 0.3) is 6.08 Å². The maximum atomic E-state index is 12.7. The standard InChI is InChI=1S/C24H26N6O4S/c1-32-20-7-2-3-8-21(20)34-13-5-10-29-9-4-6-19(29)16-18(17-25)22(31)26-23-27-28-24(35-23)30-11-14-33-15-12-30/h2-4,6-9,16H,5,10-15H2,1H3,(H,26,27,31). The number of rotatable bonds is 10. The zero-order valence-corrected chi connectivity index (χ0v) is 20.2. The summed E-state index contributed by atoms with van der Waals surface area (Å²) in [5, 5.41) is 21.5. The van der Waals surface area contributed by atoms with E-state index in [1.807, 2.05) is 53.2 Å². The summed E-state index contributed by atoms with van der Waals surface area (Å²) in [5.41, 5.74) is 0.735. The molecule has 0 radical (unpaired) electrons. The highest BCUT2D eigenvalue weighted by Crippen LogP contribution is 2.26. The summed E-state index contributed by atoms with van der Waals surface area (Å²) in [7, 11) is 1.61. The van der Waals surface area contributed by atoms with Gasteiger partial charge < -0.3 is 23.7 Å². The minimum absolute atomic E-state index is 0.0154. The van der Waals surface area contributed by atoms with E-state index in [1.54, 1.807) is 13.2 Å². The lowest BCUT2D eigenvalue weighted by molar-refractivity contribution is -0.112. The number of carbonyl (C=O) groups excluding carboxylic acids is 1. The summed E-state index contributed by atoms with van der Waals surface area (Å²) in [6.07, 6.45) is 4.21. The molecule has 0 saturated carbocycles. The van der Waals surface area contributed by atoms with Gasteiger partial charge in [0.05, 0.1) is 26.9 Å². The van der Waals surface area contributed by atoms with Crippen molar-refractivity contribution in [2.75, 3.05) is 50.2 Å². The number of carbonyl (C=O) groups is 1. The second-order valence-corrected chi connectivity index (χ2v) is 8.55. The van der Waals surface area contributed by atoms with Crippen molar-refractivity contribution in [1.29, 1.82) is 5.26 Å². The van der Waals surface area contributed by atoms with E-state index in [1.165, 1.54) is 11.3 Å². The molecule has 3 aromatic rings. The SMILES string of the molecule is COc1ccccc1OCCCn1cccc1C=C(C#N)C(=O)Nc1nnc(N2CCOCC2)s1. The lowest BCUT2D eigenvalue weighted by Crippen LogP contribution is -2.36. The number of benzene rings is 1. The number of ether oxygens (including phenoxy) is 3. The van der Waals surface area contributed by atoms with E-state index in [0.29, 0.717) is 43.0 Å². The van der Waals surface area contributed by atoms with Gasteiger partial charge in [-0.3, -0.25) is 10.1 Å². The molecule has 3 heterocycles. The highest BCUT2D eigenvalue weighted by Gasteiger charge is 2.18. The quantitative estimate of drug-likeness (QED) is 0.260. The van der Waals surface area contributed by atoms with Crippen LogP contribution >= 0.6 is 11.3 Å². The van der Waals surface area contributed by atoms with Gasteiger partial charge in [-0.15, -0.1) is 10.2 Å². The molecular weight excluding hydrogens is 468 g/mol. The third-order valence-corrected chi connectivity index (χ3v) is 6.21. The Labute approximate surface area is 207 Å². The molecule has 1 fully saturated rings. The molecule has 0 bridgehead atoms. The molecular formula is C24H26N6O4S. The third kappa shape index (κ3) is 6.38. The number of aromatic nitrogens is 3. The van der Waals surface area contributed by atoms with Gasteiger partial charge in [0, 0.05) is 31.5 Å². The Balaban J connectivity index is 1.33. The van der Waals surface area contributed by atoms with E-state index < -0.39 is 5.91 Å². The minimum atomic E-state index is -0.524. The summed E-state index contributed by atoms with van der Waals surface area (Å²) in [6, 6.07) is 13.2. The number of amides is 1. The summed E-state index contributed by atoms with van der Waals surface area (Å²) in [6.45, 7) is 3.88. The van der Waals surface area contributed by atoms with Crippen molar-refractivity contribution in [1.82, 2.24) is 14.8 Å². The Morgan fingerprint density at radius 1 is 1.23 bits per heavy atom. The Kier molecular flexibility index (Phi) is 8.32. The molecule has 10 nitrogen and oxygen atoms in total. The van der Waals surface area contributed by atoms with Gasteiger partial charge in [0.15, 0.2) is 11.5 Å². The van der Waals surface area contributed by atoms with Crippen LogP contribution in [0.5, 0.6) is 11.5 Å². The molecule has 4 rings (SSSR count). The Hall–Kier alpha value is -3.88. The number of para-hydroxylation sites is 2. The molecule has 0 spiro atoms. The number of anilines is 2. The number of methoxy groups -OCH3 is 1. The van der Waals surface area contributed by atoms with E-state index in [4.69, 9.17) is 14.2 Å². The molecule has 1 saturated heterocycles. The van der Waals surface area contributed by atoms with Gasteiger partial charge in [0.1, 0.15) is 11.6 Å². The van der Waals surface area contributed by atoms with E-state index >= 15 is 0 Å². The smallest absolute Gasteiger partial charge is 0.268 e. The number of hydrogen-bond donors (Lipinski definition) is 1. The molecule has 11 heteroatoms. The van der Waals surface area contributed by atoms with Crippen molar-refractivity contribution in [3.8, 4) is 17.6 Å². The number of morpholine rings is 1. The normalized spacial score (nSPS) is 13.8. The fourth-order valence-electron chi connectivity index (χ4n) is 3.53. The van der Waals surface area contributed by atoms with Gasteiger partial charge in [-0.05, 0) is 36.8 Å². The van der Waals surface area contributed by atoms with Crippen LogP contribution in [0.2, 0.25) is 0 Å². The predicted molar refractivity (Wildman–Crippen MR) is 133 cm³/mol. The first kappa shape index (κ1) is 24.3. The summed E-state index contributed by atoms with van der Waals surface area (Å²) in [4.78, 5) is 14.8. The first-order valence-corrected chi connectivity index (χ1v) is 12.0. The lowest BCUT2D eigenvalue weighted by Gasteiger charge is -2.25. The predicted octanol–water partition coefficient (Wildman–Crippen LogP) is 3.20. The third-order valence-electron chi connectivity index (χ3n) is 5.31. The number of aryl methyl sites for hydroxylation is 1. The van der Waals surface area contributed by atoms with Gasteiger partial charge in [-0.2, -0.15) is 5.26 Å². The van der Waals surface area contributed by atoms with Gasteiger partial charge in [-0.1, -0.05) is 23.5 Å². The van der Waals surface area contributed by atoms with Crippen LogP contribution in [0.1, 0.15) is 12.1 Å². The van der Waals surface area contributed by atoms with Crippen molar-refractivity contribution in [3.05, 3.63) is 53.9 Å². The maximum Gasteiger partial charge on any atom is 0.268 e. The molecule has 0 atom stereocenters. The Morgan fingerprint density at radius 3 is 2.80 bits per heavy atom. The topological polar surface area (TPSA) is 115 Å². The van der Waals surface area contributed by atoms with E-state index in [2.05, 4.69) is 20.4 Å². The number of hydrogen-bond acceptors (Lipinski definition) is 9. The Bertz CT molecular complexity index is 1210. The van der Waals surface area contributed by atoms with Crippen LogP contribution in [0.15, 0.2) is 48.2 Å². The minimum Gasteiger partial charge on any atom is -0.493 e. The molecule has 0 unspecified atom stereocenters. The van der Waals surface area contributed by atoms with Gasteiger partial charge >= 0.3 is 0 Å². The van der Waals surface area contributed by atoms with E-state index in [0.717, 1.165) is 30.3 Å². The molecule has 1 amide bonds.